The van der Waals surface area contributed by atoms with Crippen molar-refractivity contribution >= 4 is 53.2 Å². The third-order valence-electron chi connectivity index (χ3n) is 4.24. The molecule has 0 saturated heterocycles. The van der Waals surface area contributed by atoms with Crippen LogP contribution in [0.4, 0.5) is 10.1 Å². The van der Waals surface area contributed by atoms with Gasteiger partial charge in [-0.1, -0.05) is 11.6 Å². The number of nitrogens with two attached hydrogens (primary N) is 1. The molecule has 0 amide bonds. The molecular formula is C22H25ClFN7S. The van der Waals surface area contributed by atoms with Crippen molar-refractivity contribution < 1.29 is 4.39 Å². The molecule has 0 aliphatic carbocycles. The highest BCUT2D eigenvalue weighted by atomic mass is 35.5. The van der Waals surface area contributed by atoms with E-state index in [1.165, 1.54) is 31.1 Å². The summed E-state index contributed by atoms with van der Waals surface area (Å²) in [5, 5.41) is 3.69. The van der Waals surface area contributed by atoms with Gasteiger partial charge in [0.15, 0.2) is 0 Å². The summed E-state index contributed by atoms with van der Waals surface area (Å²) in [5.74, 6) is 0.812. The Morgan fingerprint density at radius 2 is 1.91 bits per heavy atom. The fourth-order valence-electron chi connectivity index (χ4n) is 2.83. The molecular weight excluding hydrogens is 449 g/mol. The highest BCUT2D eigenvalue weighted by Gasteiger charge is 2.21. The Hall–Kier alpha value is -3.01. The van der Waals surface area contributed by atoms with Gasteiger partial charge in [-0.15, -0.1) is 0 Å². The molecule has 168 valence electrons. The molecule has 0 saturated carbocycles. The number of aryl methyl sites for hydroxylation is 1. The lowest BCUT2D eigenvalue weighted by molar-refractivity contribution is 0.628. The van der Waals surface area contributed by atoms with Crippen molar-refractivity contribution in [2.45, 2.75) is 11.8 Å². The molecule has 1 aromatic carbocycles. The first-order valence-corrected chi connectivity index (χ1v) is 10.7. The maximum Gasteiger partial charge on any atom is 0.135 e. The average molecular weight is 474 g/mol. The number of hydrogen-bond donors (Lipinski definition) is 3. The second-order valence-electron chi connectivity index (χ2n) is 6.26. The molecule has 0 unspecified atom stereocenters. The quantitative estimate of drug-likeness (QED) is 0.438. The Morgan fingerprint density at radius 1 is 1.19 bits per heavy atom. The lowest BCUT2D eigenvalue weighted by Gasteiger charge is -2.21. The summed E-state index contributed by atoms with van der Waals surface area (Å²) in [6.07, 6.45) is 5.03. The summed E-state index contributed by atoms with van der Waals surface area (Å²) < 4.78 is 17.6. The zero-order valence-electron chi connectivity index (χ0n) is 18.3. The number of halogens is 2. The number of aromatic nitrogens is 1. The van der Waals surface area contributed by atoms with E-state index >= 15 is 0 Å². The molecule has 0 radical (unpaired) electrons. The first kappa shape index (κ1) is 25.3. The van der Waals surface area contributed by atoms with Gasteiger partial charge < -0.3 is 15.8 Å². The molecule has 1 aromatic heterocycles. The minimum atomic E-state index is -0.379. The Balaban J connectivity index is 0.00000176. The number of anilines is 1. The molecule has 1 aliphatic rings. The van der Waals surface area contributed by atoms with Gasteiger partial charge >= 0.3 is 0 Å². The van der Waals surface area contributed by atoms with Gasteiger partial charge in [0, 0.05) is 43.3 Å². The molecule has 3 rings (SSSR count). The highest BCUT2D eigenvalue weighted by Crippen LogP contribution is 2.30. The van der Waals surface area contributed by atoms with E-state index in [2.05, 4.69) is 42.5 Å². The van der Waals surface area contributed by atoms with E-state index in [1.807, 2.05) is 25.1 Å². The van der Waals surface area contributed by atoms with Gasteiger partial charge in [-0.3, -0.25) is 20.0 Å². The molecule has 4 N–H and O–H groups in total. The molecule has 0 fully saturated rings. The van der Waals surface area contributed by atoms with Crippen molar-refractivity contribution in [1.82, 2.24) is 10.3 Å². The molecule has 7 nitrogen and oxygen atoms in total. The SMILES string of the molecule is C=N/C=C1/C=C(c2cc(F)cc(NSc3cc(Cl)cnc3C)c2)C(=NC)NC1=NC.CN. The van der Waals surface area contributed by atoms with Gasteiger partial charge in [0.05, 0.1) is 15.6 Å². The summed E-state index contributed by atoms with van der Waals surface area (Å²) in [7, 11) is 4.83. The first-order valence-electron chi connectivity index (χ1n) is 9.48. The number of aliphatic imine (C=N–C) groups is 3. The van der Waals surface area contributed by atoms with Crippen LogP contribution in [0.3, 0.4) is 0 Å². The van der Waals surface area contributed by atoms with Crippen LogP contribution in [0, 0.1) is 12.7 Å². The Morgan fingerprint density at radius 3 is 2.56 bits per heavy atom. The molecule has 10 heteroatoms. The minimum Gasteiger partial charge on any atom is -0.333 e. The second-order valence-corrected chi connectivity index (χ2v) is 7.55. The number of benzene rings is 1. The predicted octanol–water partition coefficient (Wildman–Crippen LogP) is 4.50. The number of nitrogens with one attached hydrogen (secondary N) is 2. The number of nitrogens with zero attached hydrogens (tertiary/aromatic N) is 4. The predicted molar refractivity (Wildman–Crippen MR) is 135 cm³/mol. The van der Waals surface area contributed by atoms with Gasteiger partial charge in [0.25, 0.3) is 0 Å². The summed E-state index contributed by atoms with van der Waals surface area (Å²) >= 11 is 7.34. The maximum atomic E-state index is 14.4. The monoisotopic (exact) mass is 473 g/mol. The van der Waals surface area contributed by atoms with E-state index in [9.17, 15) is 4.39 Å². The fraction of sp³-hybridized carbons (Fsp3) is 0.182. The minimum absolute atomic E-state index is 0.379. The molecule has 0 bridgehead atoms. The van der Waals surface area contributed by atoms with Gasteiger partial charge in [0.2, 0.25) is 0 Å². The number of pyridine rings is 1. The van der Waals surface area contributed by atoms with Crippen molar-refractivity contribution in [3.8, 4) is 0 Å². The van der Waals surface area contributed by atoms with Crippen molar-refractivity contribution in [3.05, 3.63) is 70.4 Å². The molecule has 32 heavy (non-hydrogen) atoms. The zero-order chi connectivity index (χ0) is 23.7. The summed E-state index contributed by atoms with van der Waals surface area (Å²) in [5.41, 5.74) is 8.01. The highest BCUT2D eigenvalue weighted by molar-refractivity contribution is 8.00. The first-order chi connectivity index (χ1) is 15.4. The topological polar surface area (TPSA) is 100 Å². The summed E-state index contributed by atoms with van der Waals surface area (Å²) in [6, 6.07) is 6.52. The number of rotatable bonds is 5. The Labute approximate surface area is 196 Å². The van der Waals surface area contributed by atoms with Crippen LogP contribution in [-0.4, -0.2) is 44.5 Å². The average Bonchev–Trinajstić information content (AvgIpc) is 2.80. The summed E-state index contributed by atoms with van der Waals surface area (Å²) in [4.78, 5) is 17.4. The molecule has 2 aromatic rings. The van der Waals surface area contributed by atoms with E-state index in [0.29, 0.717) is 33.5 Å². The number of amidine groups is 2. The van der Waals surface area contributed by atoms with Crippen LogP contribution in [0.25, 0.3) is 5.57 Å². The van der Waals surface area contributed by atoms with E-state index in [-0.39, 0.29) is 5.82 Å². The van der Waals surface area contributed by atoms with Gasteiger partial charge in [-0.2, -0.15) is 0 Å². The van der Waals surface area contributed by atoms with Crippen LogP contribution >= 0.6 is 23.5 Å². The van der Waals surface area contributed by atoms with Crippen LogP contribution in [0.1, 0.15) is 11.3 Å². The van der Waals surface area contributed by atoms with Crippen LogP contribution in [0.5, 0.6) is 0 Å². The summed E-state index contributed by atoms with van der Waals surface area (Å²) in [6.45, 7) is 5.38. The molecule has 0 spiro atoms. The van der Waals surface area contributed by atoms with Crippen LogP contribution in [0.15, 0.2) is 68.2 Å². The Kier molecular flexibility index (Phi) is 9.58. The van der Waals surface area contributed by atoms with Crippen molar-refractivity contribution in [1.29, 1.82) is 0 Å². The van der Waals surface area contributed by atoms with Crippen molar-refractivity contribution in [2.75, 3.05) is 25.9 Å². The molecule has 1 aliphatic heterocycles. The van der Waals surface area contributed by atoms with Gasteiger partial charge in [-0.25, -0.2) is 4.39 Å². The van der Waals surface area contributed by atoms with E-state index in [4.69, 9.17) is 11.6 Å². The van der Waals surface area contributed by atoms with Gasteiger partial charge in [0.1, 0.15) is 17.5 Å². The lowest BCUT2D eigenvalue weighted by Crippen LogP contribution is -2.36. The van der Waals surface area contributed by atoms with E-state index < -0.39 is 0 Å². The molecule has 0 atom stereocenters. The van der Waals surface area contributed by atoms with E-state index in [1.54, 1.807) is 26.5 Å². The van der Waals surface area contributed by atoms with Crippen molar-refractivity contribution in [2.24, 2.45) is 20.7 Å². The van der Waals surface area contributed by atoms with Crippen LogP contribution in [0.2, 0.25) is 5.02 Å². The molecule has 2 heterocycles. The zero-order valence-corrected chi connectivity index (χ0v) is 19.9. The van der Waals surface area contributed by atoms with Gasteiger partial charge in [-0.05, 0) is 68.5 Å². The third kappa shape index (κ3) is 6.25. The lowest BCUT2D eigenvalue weighted by atomic mass is 9.97. The van der Waals surface area contributed by atoms with E-state index in [0.717, 1.165) is 16.2 Å². The second kappa shape index (κ2) is 12.1. The normalized spacial score (nSPS) is 16.8. The smallest absolute Gasteiger partial charge is 0.135 e. The van der Waals surface area contributed by atoms with Crippen LogP contribution in [-0.2, 0) is 0 Å². The van der Waals surface area contributed by atoms with Crippen LogP contribution < -0.4 is 15.8 Å². The largest absolute Gasteiger partial charge is 0.333 e. The third-order valence-corrected chi connectivity index (χ3v) is 5.42. The standard InChI is InChI=1S/C21H20ClFN6S.CH5N/c1-12-19(8-15(22)11-27-12)30-29-17-6-13(5-16(23)9-17)18-7-14(10-24-2)20(25-3)28-21(18)26-4;1-2/h5-11,29H,2H2,1,3-4H3,(H,25,26,28);2H2,1H3/b14-10-;. The Bertz CT molecular complexity index is 1110. The fourth-order valence-corrected chi connectivity index (χ4v) is 3.79. The maximum absolute atomic E-state index is 14.4. The van der Waals surface area contributed by atoms with Crippen molar-refractivity contribution in [3.63, 3.8) is 0 Å². The number of hydrogen-bond acceptors (Lipinski definition) is 7.